The van der Waals surface area contributed by atoms with Gasteiger partial charge in [0.15, 0.2) is 11.6 Å². The SMILES string of the molecule is O=C(CN1Cc2ccccc2C[C@]2(N=C(c3ccc(OCCCO)cc3)O[C@@H]2c2ccccc2)C1=O)N1CCOCC1. The molecule has 9 heteroatoms. The van der Waals surface area contributed by atoms with Gasteiger partial charge >= 0.3 is 0 Å². The maximum absolute atomic E-state index is 14.7. The fourth-order valence-electron chi connectivity index (χ4n) is 5.83. The Morgan fingerprint density at radius 3 is 2.43 bits per heavy atom. The highest BCUT2D eigenvalue weighted by atomic mass is 16.5. The first-order valence-corrected chi connectivity index (χ1v) is 14.4. The van der Waals surface area contributed by atoms with Crippen LogP contribution in [0.3, 0.4) is 0 Å². The molecule has 3 aliphatic rings. The minimum Gasteiger partial charge on any atom is -0.494 e. The predicted molar refractivity (Wildman–Crippen MR) is 156 cm³/mol. The lowest BCUT2D eigenvalue weighted by atomic mass is 9.82. The molecule has 0 bridgehead atoms. The maximum atomic E-state index is 14.7. The Hall–Kier alpha value is -4.21. The second-order valence-electron chi connectivity index (χ2n) is 10.8. The van der Waals surface area contributed by atoms with Crippen LogP contribution in [-0.2, 0) is 32.0 Å². The first kappa shape index (κ1) is 27.9. The third-order valence-corrected chi connectivity index (χ3v) is 8.03. The number of nitrogens with zero attached hydrogens (tertiary/aromatic N) is 3. The van der Waals surface area contributed by atoms with Crippen molar-refractivity contribution in [3.63, 3.8) is 0 Å². The van der Waals surface area contributed by atoms with Crippen molar-refractivity contribution in [3.8, 4) is 5.75 Å². The Morgan fingerprint density at radius 2 is 1.69 bits per heavy atom. The van der Waals surface area contributed by atoms with E-state index in [1.807, 2.05) is 78.9 Å². The Labute approximate surface area is 245 Å². The van der Waals surface area contributed by atoms with Gasteiger partial charge in [0.25, 0.3) is 5.91 Å². The topological polar surface area (TPSA) is 101 Å². The monoisotopic (exact) mass is 569 g/mol. The molecule has 218 valence electrons. The van der Waals surface area contributed by atoms with E-state index in [-0.39, 0.29) is 25.0 Å². The molecule has 0 radical (unpaired) electrons. The molecule has 9 nitrogen and oxygen atoms in total. The molecule has 1 spiro atoms. The Balaban J connectivity index is 1.39. The summed E-state index contributed by atoms with van der Waals surface area (Å²) in [6.07, 6.45) is 0.205. The third kappa shape index (κ3) is 5.62. The number of rotatable bonds is 8. The van der Waals surface area contributed by atoms with E-state index in [0.29, 0.717) is 63.9 Å². The molecule has 3 heterocycles. The normalized spacial score (nSPS) is 21.9. The number of hydrogen-bond donors (Lipinski definition) is 1. The zero-order valence-corrected chi connectivity index (χ0v) is 23.5. The molecule has 1 saturated heterocycles. The van der Waals surface area contributed by atoms with Gasteiger partial charge in [-0.3, -0.25) is 9.59 Å². The average molecular weight is 570 g/mol. The van der Waals surface area contributed by atoms with Crippen molar-refractivity contribution in [2.45, 2.75) is 31.0 Å². The van der Waals surface area contributed by atoms with E-state index in [0.717, 1.165) is 22.3 Å². The van der Waals surface area contributed by atoms with Gasteiger partial charge in [-0.05, 0) is 41.0 Å². The summed E-state index contributed by atoms with van der Waals surface area (Å²) >= 11 is 0. The van der Waals surface area contributed by atoms with Crippen LogP contribution in [0.5, 0.6) is 5.75 Å². The van der Waals surface area contributed by atoms with Gasteiger partial charge in [-0.1, -0.05) is 54.6 Å². The number of aliphatic imine (C=N–C) groups is 1. The molecule has 2 amide bonds. The van der Waals surface area contributed by atoms with Crippen molar-refractivity contribution in [2.24, 2.45) is 4.99 Å². The van der Waals surface area contributed by atoms with E-state index in [4.69, 9.17) is 24.3 Å². The van der Waals surface area contributed by atoms with E-state index in [1.165, 1.54) is 0 Å². The summed E-state index contributed by atoms with van der Waals surface area (Å²) < 4.78 is 17.7. The molecule has 42 heavy (non-hydrogen) atoms. The predicted octanol–water partition coefficient (Wildman–Crippen LogP) is 3.15. The van der Waals surface area contributed by atoms with Crippen LogP contribution in [0.4, 0.5) is 0 Å². The number of morpholine rings is 1. The lowest BCUT2D eigenvalue weighted by Crippen LogP contribution is -2.53. The van der Waals surface area contributed by atoms with Gasteiger partial charge in [-0.15, -0.1) is 0 Å². The molecule has 0 saturated carbocycles. The van der Waals surface area contributed by atoms with Gasteiger partial charge in [0, 0.05) is 44.6 Å². The summed E-state index contributed by atoms with van der Waals surface area (Å²) in [5.41, 5.74) is 2.27. The van der Waals surface area contributed by atoms with Crippen molar-refractivity contribution < 1.29 is 28.9 Å². The van der Waals surface area contributed by atoms with E-state index < -0.39 is 11.6 Å². The molecule has 0 aromatic heterocycles. The van der Waals surface area contributed by atoms with Crippen LogP contribution in [0.15, 0.2) is 83.9 Å². The highest BCUT2D eigenvalue weighted by molar-refractivity contribution is 6.02. The van der Waals surface area contributed by atoms with Gasteiger partial charge in [0.05, 0.1) is 19.8 Å². The first-order chi connectivity index (χ1) is 20.6. The van der Waals surface area contributed by atoms with E-state index in [1.54, 1.807) is 9.80 Å². The van der Waals surface area contributed by atoms with Crippen LogP contribution in [0.25, 0.3) is 0 Å². The first-order valence-electron chi connectivity index (χ1n) is 14.4. The number of benzene rings is 3. The van der Waals surface area contributed by atoms with Gasteiger partial charge in [-0.25, -0.2) is 4.99 Å². The Morgan fingerprint density at radius 1 is 0.976 bits per heavy atom. The number of hydrogen-bond acceptors (Lipinski definition) is 7. The number of aliphatic hydroxyl groups excluding tert-OH is 1. The number of fused-ring (bicyclic) bond motifs is 1. The van der Waals surface area contributed by atoms with Gasteiger partial charge < -0.3 is 29.1 Å². The van der Waals surface area contributed by atoms with Gasteiger partial charge in [-0.2, -0.15) is 0 Å². The fraction of sp³-hybridized carbons (Fsp3) is 0.364. The molecular weight excluding hydrogens is 534 g/mol. The van der Waals surface area contributed by atoms with E-state index >= 15 is 0 Å². The van der Waals surface area contributed by atoms with Gasteiger partial charge in [0.2, 0.25) is 11.8 Å². The van der Waals surface area contributed by atoms with Crippen LogP contribution in [-0.4, -0.2) is 84.2 Å². The summed E-state index contributed by atoms with van der Waals surface area (Å²) in [6.45, 7) is 2.78. The lowest BCUT2D eigenvalue weighted by Gasteiger charge is -2.34. The van der Waals surface area contributed by atoms with Gasteiger partial charge in [0.1, 0.15) is 12.3 Å². The average Bonchev–Trinajstić information content (AvgIpc) is 3.37. The minimum absolute atomic E-state index is 0.0405. The van der Waals surface area contributed by atoms with Crippen molar-refractivity contribution in [3.05, 3.63) is 101 Å². The minimum atomic E-state index is -1.30. The molecule has 0 unspecified atom stereocenters. The maximum Gasteiger partial charge on any atom is 0.256 e. The molecule has 0 aliphatic carbocycles. The summed E-state index contributed by atoms with van der Waals surface area (Å²) in [7, 11) is 0. The van der Waals surface area contributed by atoms with E-state index in [9.17, 15) is 9.59 Å². The van der Waals surface area contributed by atoms with Crippen LogP contribution in [0, 0.1) is 0 Å². The van der Waals surface area contributed by atoms with Crippen LogP contribution >= 0.6 is 0 Å². The van der Waals surface area contributed by atoms with Crippen molar-refractivity contribution >= 4 is 17.7 Å². The molecule has 1 fully saturated rings. The summed E-state index contributed by atoms with van der Waals surface area (Å²) in [5, 5.41) is 9.04. The highest BCUT2D eigenvalue weighted by Gasteiger charge is 2.56. The molecule has 3 aromatic rings. The second-order valence-corrected chi connectivity index (χ2v) is 10.8. The number of aliphatic hydroxyl groups is 1. The number of amides is 2. The Bertz CT molecular complexity index is 1440. The van der Waals surface area contributed by atoms with Crippen molar-refractivity contribution in [1.82, 2.24) is 9.80 Å². The zero-order valence-electron chi connectivity index (χ0n) is 23.5. The molecular formula is C33H35N3O6. The number of carbonyl (C=O) groups is 2. The molecule has 3 aliphatic heterocycles. The third-order valence-electron chi connectivity index (χ3n) is 8.03. The Kier molecular flexibility index (Phi) is 8.21. The zero-order chi connectivity index (χ0) is 28.9. The van der Waals surface area contributed by atoms with Crippen LogP contribution in [0.2, 0.25) is 0 Å². The second kappa shape index (κ2) is 12.3. The van der Waals surface area contributed by atoms with Crippen molar-refractivity contribution in [1.29, 1.82) is 0 Å². The van der Waals surface area contributed by atoms with Crippen molar-refractivity contribution in [2.75, 3.05) is 46.1 Å². The molecule has 2 atom stereocenters. The smallest absolute Gasteiger partial charge is 0.256 e. The van der Waals surface area contributed by atoms with Crippen LogP contribution < -0.4 is 4.74 Å². The summed E-state index contributed by atoms with van der Waals surface area (Å²) in [5.74, 6) is 0.718. The molecule has 6 rings (SSSR count). The largest absolute Gasteiger partial charge is 0.494 e. The quantitative estimate of drug-likeness (QED) is 0.419. The van der Waals surface area contributed by atoms with E-state index in [2.05, 4.69) is 0 Å². The number of ether oxygens (including phenoxy) is 3. The molecule has 1 N–H and O–H groups in total. The summed E-state index contributed by atoms with van der Waals surface area (Å²) in [6, 6.07) is 25.1. The summed E-state index contributed by atoms with van der Waals surface area (Å²) in [4.78, 5) is 36.6. The number of carbonyl (C=O) groups excluding carboxylic acids is 2. The standard InChI is InChI=1S/C33H35N3O6/c37-17-6-18-41-28-13-11-25(12-14-28)31-34-33(30(42-31)24-7-2-1-3-8-24)21-26-9-4-5-10-27(26)22-36(32(33)39)23-29(38)35-15-19-40-20-16-35/h1-5,7-14,30,37H,6,15-23H2/t30-,33-/m1/s1. The lowest BCUT2D eigenvalue weighted by molar-refractivity contribution is -0.147. The highest BCUT2D eigenvalue weighted by Crippen LogP contribution is 2.45. The fourth-order valence-corrected chi connectivity index (χ4v) is 5.83. The molecule has 3 aromatic carbocycles. The van der Waals surface area contributed by atoms with Crippen LogP contribution in [0.1, 0.15) is 34.8 Å².